The van der Waals surface area contributed by atoms with Crippen LogP contribution >= 0.6 is 0 Å². The van der Waals surface area contributed by atoms with E-state index in [-0.39, 0.29) is 11.7 Å². The number of carbonyl (C=O) groups excluding carboxylic acids is 1. The molecule has 0 aliphatic heterocycles. The first kappa shape index (κ1) is 15.2. The molecule has 1 heterocycles. The highest BCUT2D eigenvalue weighted by Crippen LogP contribution is 2.20. The van der Waals surface area contributed by atoms with Crippen LogP contribution < -0.4 is 5.32 Å². The van der Waals surface area contributed by atoms with Gasteiger partial charge in [0, 0.05) is 18.3 Å². The average molecular weight is 286 g/mol. The molecule has 0 aliphatic carbocycles. The molecule has 0 saturated carbocycles. The quantitative estimate of drug-likeness (QED) is 0.911. The van der Waals surface area contributed by atoms with Gasteiger partial charge in [-0.3, -0.25) is 9.78 Å². The summed E-state index contributed by atoms with van der Waals surface area (Å²) in [5, 5.41) is 2.85. The molecule has 110 valence electrons. The largest absolute Gasteiger partial charge is 0.352 e. The minimum absolute atomic E-state index is 0.150. The number of amides is 1. The number of nitrogens with one attached hydrogen (secondary N) is 1. The summed E-state index contributed by atoms with van der Waals surface area (Å²) in [4.78, 5) is 16.1. The van der Waals surface area contributed by atoms with Crippen molar-refractivity contribution in [2.45, 2.75) is 20.3 Å². The summed E-state index contributed by atoms with van der Waals surface area (Å²) in [7, 11) is 0. The second-order valence-electron chi connectivity index (χ2n) is 5.35. The summed E-state index contributed by atoms with van der Waals surface area (Å²) < 4.78 is 13.7. The highest BCUT2D eigenvalue weighted by molar-refractivity contribution is 5.94. The fourth-order valence-corrected chi connectivity index (χ4v) is 1.93. The molecule has 0 spiro atoms. The van der Waals surface area contributed by atoms with Crippen molar-refractivity contribution in [3.05, 3.63) is 54.0 Å². The number of nitrogens with zero attached hydrogens (tertiary/aromatic N) is 1. The predicted molar refractivity (Wildman–Crippen MR) is 81.4 cm³/mol. The lowest BCUT2D eigenvalue weighted by Gasteiger charge is -2.08. The molecule has 0 atom stereocenters. The zero-order valence-electron chi connectivity index (χ0n) is 12.3. The molecule has 0 unspecified atom stereocenters. The van der Waals surface area contributed by atoms with Gasteiger partial charge in [0.2, 0.25) is 0 Å². The van der Waals surface area contributed by atoms with Crippen LogP contribution in [-0.4, -0.2) is 17.4 Å². The number of pyridine rings is 1. The van der Waals surface area contributed by atoms with Crippen molar-refractivity contribution in [1.29, 1.82) is 0 Å². The first-order valence-corrected chi connectivity index (χ1v) is 7.07. The van der Waals surface area contributed by atoms with E-state index in [2.05, 4.69) is 24.1 Å². The van der Waals surface area contributed by atoms with Crippen molar-refractivity contribution in [1.82, 2.24) is 10.3 Å². The Balaban J connectivity index is 2.05. The number of aromatic nitrogens is 1. The molecule has 0 radical (unpaired) electrons. The van der Waals surface area contributed by atoms with E-state index in [1.165, 1.54) is 12.3 Å². The van der Waals surface area contributed by atoms with Crippen LogP contribution in [0.5, 0.6) is 0 Å². The van der Waals surface area contributed by atoms with Crippen LogP contribution in [0.3, 0.4) is 0 Å². The van der Waals surface area contributed by atoms with E-state index in [0.29, 0.717) is 29.3 Å². The van der Waals surface area contributed by atoms with Gasteiger partial charge in [-0.05, 0) is 36.6 Å². The van der Waals surface area contributed by atoms with Crippen molar-refractivity contribution in [3.63, 3.8) is 0 Å². The number of carbonyl (C=O) groups is 1. The molecule has 0 bridgehead atoms. The van der Waals surface area contributed by atoms with Crippen molar-refractivity contribution in [2.24, 2.45) is 5.92 Å². The van der Waals surface area contributed by atoms with Gasteiger partial charge in [-0.25, -0.2) is 4.39 Å². The fraction of sp³-hybridized carbons (Fsp3) is 0.294. The highest BCUT2D eigenvalue weighted by Gasteiger charge is 2.09. The molecule has 0 aliphatic rings. The van der Waals surface area contributed by atoms with E-state index in [1.807, 2.05) is 0 Å². The summed E-state index contributed by atoms with van der Waals surface area (Å²) in [6.07, 6.45) is 2.42. The summed E-state index contributed by atoms with van der Waals surface area (Å²) in [5.41, 5.74) is 1.44. The van der Waals surface area contributed by atoms with Crippen LogP contribution in [0, 0.1) is 11.7 Å². The van der Waals surface area contributed by atoms with Crippen LogP contribution in [0.15, 0.2) is 42.6 Å². The fourth-order valence-electron chi connectivity index (χ4n) is 1.93. The lowest BCUT2D eigenvalue weighted by molar-refractivity contribution is 0.0951. The topological polar surface area (TPSA) is 42.0 Å². The Bertz CT molecular complexity index is 608. The monoisotopic (exact) mass is 286 g/mol. The van der Waals surface area contributed by atoms with Crippen LogP contribution in [0.2, 0.25) is 0 Å². The van der Waals surface area contributed by atoms with Crippen molar-refractivity contribution in [2.75, 3.05) is 6.54 Å². The Morgan fingerprint density at radius 1 is 1.24 bits per heavy atom. The first-order valence-electron chi connectivity index (χ1n) is 7.07. The molecular formula is C17H19FN2O. The van der Waals surface area contributed by atoms with E-state index < -0.39 is 0 Å². The normalized spacial score (nSPS) is 10.7. The molecule has 0 saturated heterocycles. The van der Waals surface area contributed by atoms with E-state index >= 15 is 0 Å². The maximum absolute atomic E-state index is 13.7. The third-order valence-electron chi connectivity index (χ3n) is 3.18. The maximum atomic E-state index is 13.7. The third-order valence-corrected chi connectivity index (χ3v) is 3.18. The van der Waals surface area contributed by atoms with Gasteiger partial charge in [0.05, 0.1) is 11.3 Å². The zero-order valence-corrected chi connectivity index (χ0v) is 12.3. The lowest BCUT2D eigenvalue weighted by Crippen LogP contribution is -2.25. The number of hydrogen-bond acceptors (Lipinski definition) is 2. The summed E-state index contributed by atoms with van der Waals surface area (Å²) in [6, 6.07) is 9.78. The average Bonchev–Trinajstić information content (AvgIpc) is 2.47. The Morgan fingerprint density at radius 2 is 2.00 bits per heavy atom. The van der Waals surface area contributed by atoms with Crippen LogP contribution in [0.1, 0.15) is 30.6 Å². The van der Waals surface area contributed by atoms with E-state index in [1.54, 1.807) is 30.3 Å². The van der Waals surface area contributed by atoms with Gasteiger partial charge in [0.25, 0.3) is 5.91 Å². The van der Waals surface area contributed by atoms with Gasteiger partial charge in [0.1, 0.15) is 5.82 Å². The molecule has 3 nitrogen and oxygen atoms in total. The molecule has 1 N–H and O–H groups in total. The molecule has 1 amide bonds. The highest BCUT2D eigenvalue weighted by atomic mass is 19.1. The van der Waals surface area contributed by atoms with Crippen LogP contribution in [0.25, 0.3) is 11.3 Å². The minimum atomic E-state index is -0.320. The number of rotatable bonds is 5. The smallest absolute Gasteiger partial charge is 0.252 e. The lowest BCUT2D eigenvalue weighted by atomic mass is 10.1. The Hall–Kier alpha value is -2.23. The molecule has 21 heavy (non-hydrogen) atoms. The predicted octanol–water partition coefficient (Wildman–Crippen LogP) is 3.66. The second kappa shape index (κ2) is 6.97. The number of halogens is 1. The van der Waals surface area contributed by atoms with Gasteiger partial charge in [0.15, 0.2) is 0 Å². The van der Waals surface area contributed by atoms with Gasteiger partial charge in [-0.15, -0.1) is 0 Å². The summed E-state index contributed by atoms with van der Waals surface area (Å²) in [5.74, 6) is 0.0780. The van der Waals surface area contributed by atoms with Crippen LogP contribution in [-0.2, 0) is 0 Å². The molecule has 0 fully saturated rings. The van der Waals surface area contributed by atoms with Gasteiger partial charge in [-0.2, -0.15) is 0 Å². The summed E-state index contributed by atoms with van der Waals surface area (Å²) in [6.45, 7) is 4.86. The molecule has 2 aromatic rings. The van der Waals surface area contributed by atoms with Crippen molar-refractivity contribution >= 4 is 5.91 Å². The van der Waals surface area contributed by atoms with Gasteiger partial charge >= 0.3 is 0 Å². The summed E-state index contributed by atoms with van der Waals surface area (Å²) >= 11 is 0. The SMILES string of the molecule is CC(C)CCNC(=O)c1ccc(-c2ccccc2F)nc1. The Kier molecular flexibility index (Phi) is 5.04. The van der Waals surface area contributed by atoms with E-state index in [4.69, 9.17) is 0 Å². The maximum Gasteiger partial charge on any atom is 0.252 e. The molecule has 2 rings (SSSR count). The Morgan fingerprint density at radius 3 is 2.62 bits per heavy atom. The second-order valence-corrected chi connectivity index (χ2v) is 5.35. The van der Waals surface area contributed by atoms with E-state index in [9.17, 15) is 9.18 Å². The molecule has 4 heteroatoms. The van der Waals surface area contributed by atoms with Crippen molar-refractivity contribution in [3.8, 4) is 11.3 Å². The zero-order chi connectivity index (χ0) is 15.2. The molecule has 1 aromatic heterocycles. The standard InChI is InChI=1S/C17H19FN2O/c1-12(2)9-10-19-17(21)13-7-8-16(20-11-13)14-5-3-4-6-15(14)18/h3-8,11-12H,9-10H2,1-2H3,(H,19,21). The molecular weight excluding hydrogens is 267 g/mol. The third kappa shape index (κ3) is 4.12. The Labute approximate surface area is 124 Å². The van der Waals surface area contributed by atoms with E-state index in [0.717, 1.165) is 6.42 Å². The molecule has 1 aromatic carbocycles. The van der Waals surface area contributed by atoms with Crippen molar-refractivity contribution < 1.29 is 9.18 Å². The number of hydrogen-bond donors (Lipinski definition) is 1. The number of benzene rings is 1. The minimum Gasteiger partial charge on any atom is -0.352 e. The van der Waals surface area contributed by atoms with Crippen LogP contribution in [0.4, 0.5) is 4.39 Å². The van der Waals surface area contributed by atoms with Gasteiger partial charge in [-0.1, -0.05) is 26.0 Å². The van der Waals surface area contributed by atoms with Gasteiger partial charge < -0.3 is 5.32 Å². The first-order chi connectivity index (χ1) is 10.1.